The number of halogens is 1. The maximum atomic E-state index is 10.4. The van der Waals surface area contributed by atoms with Crippen molar-refractivity contribution in [3.63, 3.8) is 0 Å². The summed E-state index contributed by atoms with van der Waals surface area (Å²) in [5, 5.41) is 10.4. The van der Waals surface area contributed by atoms with Crippen LogP contribution in [0.5, 0.6) is 0 Å². The fourth-order valence-electron chi connectivity index (χ4n) is 2.23. The summed E-state index contributed by atoms with van der Waals surface area (Å²) in [4.78, 5) is 0. The van der Waals surface area contributed by atoms with Gasteiger partial charge in [-0.25, -0.2) is 0 Å². The molecule has 1 aliphatic rings. The van der Waals surface area contributed by atoms with E-state index >= 15 is 0 Å². The number of hydrogen-bond donors (Lipinski definition) is 1. The zero-order valence-electron chi connectivity index (χ0n) is 9.45. The molecule has 1 heterocycles. The zero-order valence-corrected chi connectivity index (χ0v) is 11.0. The summed E-state index contributed by atoms with van der Waals surface area (Å²) in [5.41, 5.74) is 2.18. The molecule has 2 rings (SSSR count). The molecule has 0 aliphatic carbocycles. The second kappa shape index (κ2) is 5.30. The third-order valence-electron chi connectivity index (χ3n) is 3.34. The van der Waals surface area contributed by atoms with Crippen LogP contribution in [0.3, 0.4) is 0 Å². The largest absolute Gasteiger partial charge is 0.388 e. The van der Waals surface area contributed by atoms with Crippen LogP contribution in [-0.2, 0) is 4.74 Å². The molecule has 1 atom stereocenters. The van der Waals surface area contributed by atoms with Crippen LogP contribution in [0.4, 0.5) is 0 Å². The van der Waals surface area contributed by atoms with Gasteiger partial charge in [-0.1, -0.05) is 28.1 Å². The van der Waals surface area contributed by atoms with E-state index in [0.717, 1.165) is 41.7 Å². The Morgan fingerprint density at radius 3 is 2.75 bits per heavy atom. The van der Waals surface area contributed by atoms with Gasteiger partial charge in [-0.2, -0.15) is 0 Å². The number of aliphatic hydroxyl groups is 1. The zero-order chi connectivity index (χ0) is 11.5. The SMILES string of the molecule is Cc1c(Br)cccc1C(O)C1CCOCC1. The van der Waals surface area contributed by atoms with Crippen molar-refractivity contribution in [2.24, 2.45) is 5.92 Å². The average molecular weight is 285 g/mol. The van der Waals surface area contributed by atoms with Gasteiger partial charge < -0.3 is 9.84 Å². The minimum Gasteiger partial charge on any atom is -0.388 e. The second-order valence-corrected chi connectivity index (χ2v) is 5.20. The van der Waals surface area contributed by atoms with Gasteiger partial charge in [0.25, 0.3) is 0 Å². The van der Waals surface area contributed by atoms with E-state index in [4.69, 9.17) is 4.74 Å². The Hall–Kier alpha value is -0.380. The number of hydrogen-bond acceptors (Lipinski definition) is 2. The molecule has 2 nitrogen and oxygen atoms in total. The number of aliphatic hydroxyl groups excluding tert-OH is 1. The van der Waals surface area contributed by atoms with E-state index in [-0.39, 0.29) is 6.10 Å². The van der Waals surface area contributed by atoms with Crippen LogP contribution < -0.4 is 0 Å². The molecule has 0 amide bonds. The molecule has 1 saturated heterocycles. The van der Waals surface area contributed by atoms with E-state index in [1.165, 1.54) is 0 Å². The fraction of sp³-hybridized carbons (Fsp3) is 0.538. The third kappa shape index (κ3) is 2.47. The van der Waals surface area contributed by atoms with E-state index in [0.29, 0.717) is 5.92 Å². The summed E-state index contributed by atoms with van der Waals surface area (Å²) < 4.78 is 6.39. The predicted molar refractivity (Wildman–Crippen MR) is 67.4 cm³/mol. The van der Waals surface area contributed by atoms with Crippen molar-refractivity contribution in [3.8, 4) is 0 Å². The van der Waals surface area contributed by atoms with Gasteiger partial charge in [-0.3, -0.25) is 0 Å². The normalized spacial score (nSPS) is 19.7. The molecule has 1 aromatic carbocycles. The van der Waals surface area contributed by atoms with Crippen LogP contribution in [0.2, 0.25) is 0 Å². The van der Waals surface area contributed by atoms with Gasteiger partial charge in [-0.05, 0) is 42.9 Å². The molecular weight excluding hydrogens is 268 g/mol. The van der Waals surface area contributed by atoms with Gasteiger partial charge in [0, 0.05) is 17.7 Å². The summed E-state index contributed by atoms with van der Waals surface area (Å²) in [7, 11) is 0. The Morgan fingerprint density at radius 1 is 1.38 bits per heavy atom. The summed E-state index contributed by atoms with van der Waals surface area (Å²) in [6.45, 7) is 3.59. The van der Waals surface area contributed by atoms with Gasteiger partial charge in [0.15, 0.2) is 0 Å². The molecule has 0 aromatic heterocycles. The van der Waals surface area contributed by atoms with Crippen molar-refractivity contribution >= 4 is 15.9 Å². The number of benzene rings is 1. The smallest absolute Gasteiger partial charge is 0.0822 e. The maximum absolute atomic E-state index is 10.4. The average Bonchev–Trinajstić information content (AvgIpc) is 2.33. The van der Waals surface area contributed by atoms with Crippen molar-refractivity contribution in [1.82, 2.24) is 0 Å². The van der Waals surface area contributed by atoms with Crippen LogP contribution in [-0.4, -0.2) is 18.3 Å². The Bertz CT molecular complexity index is 359. The first-order valence-corrected chi connectivity index (χ1v) is 6.50. The molecule has 0 spiro atoms. The first kappa shape index (κ1) is 12.1. The molecule has 0 radical (unpaired) electrons. The van der Waals surface area contributed by atoms with Crippen molar-refractivity contribution in [3.05, 3.63) is 33.8 Å². The molecular formula is C13H17BrO2. The van der Waals surface area contributed by atoms with Crippen molar-refractivity contribution in [2.45, 2.75) is 25.9 Å². The topological polar surface area (TPSA) is 29.5 Å². The van der Waals surface area contributed by atoms with E-state index < -0.39 is 0 Å². The molecule has 0 bridgehead atoms. The second-order valence-electron chi connectivity index (χ2n) is 4.35. The van der Waals surface area contributed by atoms with Gasteiger partial charge in [-0.15, -0.1) is 0 Å². The number of ether oxygens (including phenoxy) is 1. The highest BCUT2D eigenvalue weighted by atomic mass is 79.9. The molecule has 1 aliphatic heterocycles. The van der Waals surface area contributed by atoms with Crippen molar-refractivity contribution < 1.29 is 9.84 Å². The Labute approximate surface area is 105 Å². The van der Waals surface area contributed by atoms with Gasteiger partial charge in [0.1, 0.15) is 0 Å². The monoisotopic (exact) mass is 284 g/mol. The van der Waals surface area contributed by atoms with Crippen molar-refractivity contribution in [1.29, 1.82) is 0 Å². The minimum absolute atomic E-state index is 0.335. The van der Waals surface area contributed by atoms with E-state index in [9.17, 15) is 5.11 Å². The van der Waals surface area contributed by atoms with Crippen LogP contribution in [0.1, 0.15) is 30.1 Å². The van der Waals surface area contributed by atoms with Crippen LogP contribution in [0, 0.1) is 12.8 Å². The van der Waals surface area contributed by atoms with E-state index in [2.05, 4.69) is 15.9 Å². The van der Waals surface area contributed by atoms with Crippen molar-refractivity contribution in [2.75, 3.05) is 13.2 Å². The number of rotatable bonds is 2. The predicted octanol–water partition coefficient (Wildman–Crippen LogP) is 3.22. The first-order valence-electron chi connectivity index (χ1n) is 5.71. The van der Waals surface area contributed by atoms with Gasteiger partial charge >= 0.3 is 0 Å². The third-order valence-corrected chi connectivity index (χ3v) is 4.20. The fourth-order valence-corrected chi connectivity index (χ4v) is 2.61. The molecule has 16 heavy (non-hydrogen) atoms. The van der Waals surface area contributed by atoms with Crippen LogP contribution in [0.25, 0.3) is 0 Å². The minimum atomic E-state index is -0.360. The summed E-state index contributed by atoms with van der Waals surface area (Å²) in [5.74, 6) is 0.335. The molecule has 1 unspecified atom stereocenters. The lowest BCUT2D eigenvalue weighted by atomic mass is 9.87. The first-order chi connectivity index (χ1) is 7.70. The maximum Gasteiger partial charge on any atom is 0.0822 e. The Balaban J connectivity index is 2.19. The quantitative estimate of drug-likeness (QED) is 0.904. The lowest BCUT2D eigenvalue weighted by molar-refractivity contribution is 0.00693. The molecule has 1 fully saturated rings. The van der Waals surface area contributed by atoms with Gasteiger partial charge in [0.05, 0.1) is 6.10 Å². The summed E-state index contributed by atoms with van der Waals surface area (Å²) in [6.07, 6.45) is 1.54. The van der Waals surface area contributed by atoms with E-state index in [1.54, 1.807) is 0 Å². The van der Waals surface area contributed by atoms with Crippen LogP contribution >= 0.6 is 15.9 Å². The molecule has 1 aromatic rings. The Kier molecular flexibility index (Phi) is 4.00. The summed E-state index contributed by atoms with van der Waals surface area (Å²) >= 11 is 3.50. The standard InChI is InChI=1S/C13H17BrO2/c1-9-11(3-2-4-12(9)14)13(15)10-5-7-16-8-6-10/h2-4,10,13,15H,5-8H2,1H3. The molecule has 0 saturated carbocycles. The van der Waals surface area contributed by atoms with Crippen LogP contribution in [0.15, 0.2) is 22.7 Å². The highest BCUT2D eigenvalue weighted by Gasteiger charge is 2.24. The van der Waals surface area contributed by atoms with E-state index in [1.807, 2.05) is 25.1 Å². The lowest BCUT2D eigenvalue weighted by Crippen LogP contribution is -2.22. The lowest BCUT2D eigenvalue weighted by Gasteiger charge is -2.28. The summed E-state index contributed by atoms with van der Waals surface area (Å²) in [6, 6.07) is 6.00. The molecule has 1 N–H and O–H groups in total. The highest BCUT2D eigenvalue weighted by molar-refractivity contribution is 9.10. The molecule has 3 heteroatoms. The Morgan fingerprint density at radius 2 is 2.06 bits per heavy atom. The van der Waals surface area contributed by atoms with Gasteiger partial charge in [0.2, 0.25) is 0 Å². The molecule has 88 valence electrons. The highest BCUT2D eigenvalue weighted by Crippen LogP contribution is 2.33.